The first-order chi connectivity index (χ1) is 14.2. The van der Waals surface area contributed by atoms with Gasteiger partial charge in [-0.25, -0.2) is 4.39 Å². The van der Waals surface area contributed by atoms with E-state index in [4.69, 9.17) is 18.1 Å². The van der Waals surface area contributed by atoms with Crippen LogP contribution in [0, 0.1) is 5.82 Å². The Labute approximate surface area is 175 Å². The van der Waals surface area contributed by atoms with Gasteiger partial charge in [0.2, 0.25) is 0 Å². The fourth-order valence-electron chi connectivity index (χ4n) is 3.13. The number of ketones is 1. The van der Waals surface area contributed by atoms with Gasteiger partial charge in [-0.05, 0) is 39.8 Å². The molecule has 0 fully saturated rings. The molecule has 0 aromatic heterocycles. The van der Waals surface area contributed by atoms with Crippen molar-refractivity contribution in [3.8, 4) is 0 Å². The molecule has 0 radical (unpaired) electrons. The van der Waals surface area contributed by atoms with E-state index in [2.05, 4.69) is 10.2 Å². The first kappa shape index (κ1) is 25.0. The minimum absolute atomic E-state index is 0.0324. The molecule has 0 spiro atoms. The molecule has 2 rings (SSSR count). The zero-order chi connectivity index (χ0) is 22.4. The third kappa shape index (κ3) is 4.64. The number of azo groups is 1. The molecule has 1 atom stereocenters. The number of hydrogen-bond donors (Lipinski definition) is 0. The fourth-order valence-corrected chi connectivity index (χ4v) is 8.48. The number of benzene rings is 1. The highest BCUT2D eigenvalue weighted by Crippen LogP contribution is 2.81. The van der Waals surface area contributed by atoms with Gasteiger partial charge in [0.25, 0.3) is 5.02 Å². The Bertz CT molecular complexity index is 830. The third-order valence-electron chi connectivity index (χ3n) is 4.31. The number of halogens is 1. The molecule has 0 amide bonds. The highest BCUT2D eigenvalue weighted by Gasteiger charge is 2.69. The van der Waals surface area contributed by atoms with E-state index < -0.39 is 44.3 Å². The van der Waals surface area contributed by atoms with Crippen molar-refractivity contribution >= 4 is 21.0 Å². The highest BCUT2D eigenvalue weighted by molar-refractivity contribution is 7.74. The summed E-state index contributed by atoms with van der Waals surface area (Å²) in [7, 11) is -8.51. The number of carbonyl (C=O) groups is 1. The van der Waals surface area contributed by atoms with Crippen LogP contribution in [0.15, 0.2) is 34.5 Å². The summed E-state index contributed by atoms with van der Waals surface area (Å²) in [5, 5.41) is 5.82. The van der Waals surface area contributed by atoms with Crippen molar-refractivity contribution in [3.63, 3.8) is 0 Å². The Morgan fingerprint density at radius 3 is 1.97 bits per heavy atom. The molecule has 1 aromatic carbocycles. The van der Waals surface area contributed by atoms with Crippen LogP contribution < -0.4 is 0 Å². The van der Waals surface area contributed by atoms with Crippen LogP contribution in [0.4, 0.5) is 4.39 Å². The fraction of sp³-hybridized carbons (Fsp3) is 0.611. The molecule has 0 aliphatic carbocycles. The smallest absolute Gasteiger partial charge is 0.307 e. The Morgan fingerprint density at radius 2 is 1.53 bits per heavy atom. The molecule has 1 unspecified atom stereocenters. The Hall–Kier alpha value is -1.28. The molecule has 168 valence electrons. The molecule has 0 bridgehead atoms. The molecule has 1 aliphatic rings. The number of nitrogens with zero attached hydrogens (tertiary/aromatic N) is 2. The van der Waals surface area contributed by atoms with Crippen LogP contribution in [0.1, 0.15) is 44.5 Å². The molecule has 1 aromatic rings. The van der Waals surface area contributed by atoms with E-state index in [-0.39, 0.29) is 32.0 Å². The molecule has 9 nitrogen and oxygen atoms in total. The molecule has 0 saturated carbocycles. The molecule has 30 heavy (non-hydrogen) atoms. The predicted octanol–water partition coefficient (Wildman–Crippen LogP) is 5.42. The van der Waals surface area contributed by atoms with Gasteiger partial charge in [0.05, 0.1) is 26.4 Å². The lowest BCUT2D eigenvalue weighted by Gasteiger charge is -2.36. The van der Waals surface area contributed by atoms with Crippen LogP contribution in [-0.2, 0) is 27.2 Å². The number of Topliss-reactive ketones (excluding diaryl/α,β-unsaturated/α-hetero) is 1. The lowest BCUT2D eigenvalue weighted by molar-refractivity contribution is 0.0959. The second-order valence-corrected chi connectivity index (χ2v) is 11.1. The molecular formula is C18H27FN2O7P2. The van der Waals surface area contributed by atoms with Crippen molar-refractivity contribution in [2.24, 2.45) is 10.2 Å². The SMILES string of the molecule is CCOP(=O)(OCC)C1(P(=O)(OCC)OCC)CC(C(=O)c2cccc(F)c2)N=N1. The minimum Gasteiger partial charge on any atom is -0.307 e. The van der Waals surface area contributed by atoms with E-state index in [1.165, 1.54) is 18.2 Å². The average molecular weight is 464 g/mol. The maximum atomic E-state index is 13.8. The second-order valence-electron chi connectivity index (χ2n) is 6.25. The van der Waals surface area contributed by atoms with Gasteiger partial charge in [-0.1, -0.05) is 12.1 Å². The Kier molecular flexibility index (Phi) is 8.62. The maximum absolute atomic E-state index is 13.8. The van der Waals surface area contributed by atoms with Gasteiger partial charge in [-0.2, -0.15) is 10.2 Å². The van der Waals surface area contributed by atoms with Crippen molar-refractivity contribution in [3.05, 3.63) is 35.6 Å². The zero-order valence-corrected chi connectivity index (χ0v) is 19.2. The molecule has 12 heteroatoms. The van der Waals surface area contributed by atoms with Crippen LogP contribution in [0.2, 0.25) is 0 Å². The van der Waals surface area contributed by atoms with E-state index in [1.807, 2.05) is 0 Å². The second kappa shape index (κ2) is 10.4. The summed E-state index contributed by atoms with van der Waals surface area (Å²) in [6, 6.07) is 3.89. The Balaban J connectivity index is 2.56. The number of rotatable bonds is 12. The van der Waals surface area contributed by atoms with Gasteiger partial charge in [0, 0.05) is 12.0 Å². The largest absolute Gasteiger partial charge is 0.372 e. The van der Waals surface area contributed by atoms with Crippen molar-refractivity contribution in [1.29, 1.82) is 0 Å². The van der Waals surface area contributed by atoms with Crippen LogP contribution in [0.3, 0.4) is 0 Å². The summed E-state index contributed by atoms with van der Waals surface area (Å²) in [5.74, 6) is -1.16. The van der Waals surface area contributed by atoms with Crippen LogP contribution in [-0.4, -0.2) is 43.3 Å². The minimum atomic E-state index is -4.26. The normalized spacial score (nSPS) is 18.6. The van der Waals surface area contributed by atoms with Crippen molar-refractivity contribution in [2.75, 3.05) is 26.4 Å². The van der Waals surface area contributed by atoms with Crippen molar-refractivity contribution in [1.82, 2.24) is 0 Å². The predicted molar refractivity (Wildman–Crippen MR) is 108 cm³/mol. The van der Waals surface area contributed by atoms with Crippen LogP contribution >= 0.6 is 15.2 Å². The van der Waals surface area contributed by atoms with Crippen molar-refractivity contribution in [2.45, 2.75) is 45.2 Å². The summed E-state index contributed by atoms with van der Waals surface area (Å²) >= 11 is 0. The van der Waals surface area contributed by atoms with E-state index in [0.717, 1.165) is 6.07 Å². The quantitative estimate of drug-likeness (QED) is 0.300. The maximum Gasteiger partial charge on any atom is 0.372 e. The lowest BCUT2D eigenvalue weighted by atomic mass is 10.0. The summed E-state index contributed by atoms with van der Waals surface area (Å²) in [4.78, 5) is 12.9. The number of hydrogen-bond acceptors (Lipinski definition) is 9. The Morgan fingerprint density at radius 1 is 1.03 bits per heavy atom. The van der Waals surface area contributed by atoms with Crippen LogP contribution in [0.5, 0.6) is 0 Å². The van der Waals surface area contributed by atoms with E-state index in [1.54, 1.807) is 27.7 Å². The van der Waals surface area contributed by atoms with Crippen LogP contribution in [0.25, 0.3) is 0 Å². The summed E-state index contributed by atoms with van der Waals surface area (Å²) in [6.45, 7) is 6.23. The first-order valence-electron chi connectivity index (χ1n) is 9.72. The molecule has 1 aliphatic heterocycles. The monoisotopic (exact) mass is 464 g/mol. The zero-order valence-electron chi connectivity index (χ0n) is 17.4. The van der Waals surface area contributed by atoms with Gasteiger partial charge < -0.3 is 18.1 Å². The summed E-state index contributed by atoms with van der Waals surface area (Å²) < 4.78 is 62.9. The lowest BCUT2D eigenvalue weighted by Crippen LogP contribution is -2.33. The summed E-state index contributed by atoms with van der Waals surface area (Å²) in [5.41, 5.74) is 0.0556. The molecule has 0 N–H and O–H groups in total. The van der Waals surface area contributed by atoms with Gasteiger partial charge >= 0.3 is 15.2 Å². The molecule has 1 heterocycles. The third-order valence-corrected chi connectivity index (χ3v) is 10.5. The average Bonchev–Trinajstić information content (AvgIpc) is 3.16. The molecular weight excluding hydrogens is 437 g/mol. The number of carbonyl (C=O) groups excluding carboxylic acids is 1. The van der Waals surface area contributed by atoms with Gasteiger partial charge in [0.15, 0.2) is 5.78 Å². The van der Waals surface area contributed by atoms with E-state index in [0.29, 0.717) is 0 Å². The van der Waals surface area contributed by atoms with Crippen molar-refractivity contribution < 1.29 is 36.4 Å². The topological polar surface area (TPSA) is 113 Å². The first-order valence-corrected chi connectivity index (χ1v) is 12.8. The summed E-state index contributed by atoms with van der Waals surface area (Å²) in [6.07, 6.45) is -0.392. The highest BCUT2D eigenvalue weighted by atomic mass is 31.2. The molecule has 0 saturated heterocycles. The van der Waals surface area contributed by atoms with E-state index in [9.17, 15) is 18.3 Å². The standard InChI is InChI=1S/C18H27FN2O7P2/c1-5-25-29(23,26-6-2)18(30(24,27-7-3)28-8-4)13-16(20-21-18)17(22)14-10-9-11-15(19)12-14/h9-12,16H,5-8,13H2,1-4H3. The van der Waals surface area contributed by atoms with Gasteiger partial charge in [-0.3, -0.25) is 13.9 Å². The van der Waals surface area contributed by atoms with Gasteiger partial charge in [-0.15, -0.1) is 0 Å². The van der Waals surface area contributed by atoms with E-state index >= 15 is 0 Å². The van der Waals surface area contributed by atoms with Gasteiger partial charge in [0.1, 0.15) is 11.9 Å².